The molecule has 2 amide bonds. The van der Waals surface area contributed by atoms with Crippen LogP contribution < -0.4 is 10.1 Å². The summed E-state index contributed by atoms with van der Waals surface area (Å²) in [5, 5.41) is 3.20. The van der Waals surface area contributed by atoms with Crippen LogP contribution in [-0.4, -0.2) is 55.2 Å². The van der Waals surface area contributed by atoms with E-state index in [4.69, 9.17) is 4.74 Å². The van der Waals surface area contributed by atoms with Crippen LogP contribution >= 0.6 is 0 Å². The molecule has 2 fully saturated rings. The molecule has 1 N–H and O–H groups in total. The molecule has 0 aliphatic carbocycles. The predicted octanol–water partition coefficient (Wildman–Crippen LogP) is 4.03. The summed E-state index contributed by atoms with van der Waals surface area (Å²) < 4.78 is 5.51. The van der Waals surface area contributed by atoms with Gasteiger partial charge in [0, 0.05) is 38.3 Å². The van der Waals surface area contributed by atoms with E-state index in [-0.39, 0.29) is 6.03 Å². The van der Waals surface area contributed by atoms with Gasteiger partial charge in [-0.2, -0.15) is 0 Å². The second kappa shape index (κ2) is 8.91. The minimum Gasteiger partial charge on any atom is -0.497 e. The number of rotatable bonds is 4. The molecule has 5 nitrogen and oxygen atoms in total. The van der Waals surface area contributed by atoms with Crippen LogP contribution in [0.25, 0.3) is 0 Å². The fourth-order valence-electron chi connectivity index (χ4n) is 5.86. The fourth-order valence-corrected chi connectivity index (χ4v) is 5.86. The Balaban J connectivity index is 1.28. The van der Waals surface area contributed by atoms with Gasteiger partial charge in [0.1, 0.15) is 5.75 Å². The van der Waals surface area contributed by atoms with Gasteiger partial charge in [0.15, 0.2) is 0 Å². The number of hydrogen-bond acceptors (Lipinski definition) is 3. The number of urea groups is 1. The lowest BCUT2D eigenvalue weighted by molar-refractivity contribution is 0.00572. The summed E-state index contributed by atoms with van der Waals surface area (Å²) in [6.07, 6.45) is 5.34. The highest BCUT2D eigenvalue weighted by Gasteiger charge is 2.44. The summed E-state index contributed by atoms with van der Waals surface area (Å²) in [5.74, 6) is 1.51. The summed E-state index contributed by atoms with van der Waals surface area (Å²) in [6, 6.07) is 17.7. The number of methoxy groups -OCH3 is 1. The van der Waals surface area contributed by atoms with Crippen LogP contribution in [0.5, 0.6) is 5.75 Å². The fraction of sp³-hybridized carbons (Fsp3) is 0.500. The molecule has 3 atom stereocenters. The largest absolute Gasteiger partial charge is 0.497 e. The SMILES string of the molecule is COc1ccc2c(c1)[C@H]1C[C@@H]3[C@@H](CCCN3C(=O)NCCc3ccccc3)CN1CC2. The average molecular weight is 420 g/mol. The highest BCUT2D eigenvalue weighted by Crippen LogP contribution is 2.43. The number of nitrogens with zero attached hydrogens (tertiary/aromatic N) is 2. The number of nitrogens with one attached hydrogen (secondary N) is 1. The average Bonchev–Trinajstić information content (AvgIpc) is 2.82. The molecule has 0 bridgehead atoms. The van der Waals surface area contributed by atoms with Crippen LogP contribution in [0, 0.1) is 5.92 Å². The van der Waals surface area contributed by atoms with Crippen LogP contribution in [0.1, 0.15) is 42.0 Å². The highest BCUT2D eigenvalue weighted by atomic mass is 16.5. The topological polar surface area (TPSA) is 44.8 Å². The van der Waals surface area contributed by atoms with Crippen LogP contribution in [0.4, 0.5) is 4.79 Å². The van der Waals surface area contributed by atoms with Crippen LogP contribution in [0.3, 0.4) is 0 Å². The highest BCUT2D eigenvalue weighted by molar-refractivity contribution is 5.74. The van der Waals surface area contributed by atoms with Crippen LogP contribution in [-0.2, 0) is 12.8 Å². The van der Waals surface area contributed by atoms with Gasteiger partial charge in [0.25, 0.3) is 0 Å². The molecule has 2 saturated heterocycles. The Morgan fingerprint density at radius 3 is 2.87 bits per heavy atom. The second-order valence-corrected chi connectivity index (χ2v) is 9.19. The minimum absolute atomic E-state index is 0.112. The Morgan fingerprint density at radius 1 is 1.16 bits per heavy atom. The molecule has 3 aliphatic heterocycles. The van der Waals surface area contributed by atoms with E-state index in [9.17, 15) is 4.79 Å². The Morgan fingerprint density at radius 2 is 2.03 bits per heavy atom. The lowest BCUT2D eigenvalue weighted by Gasteiger charge is -2.52. The third-order valence-corrected chi connectivity index (χ3v) is 7.47. The van der Waals surface area contributed by atoms with Crippen molar-refractivity contribution < 1.29 is 9.53 Å². The third kappa shape index (κ3) is 4.16. The van der Waals surface area contributed by atoms with Gasteiger partial charge < -0.3 is 15.0 Å². The molecule has 31 heavy (non-hydrogen) atoms. The number of likely N-dealkylation sites (tertiary alicyclic amines) is 1. The molecular weight excluding hydrogens is 386 g/mol. The van der Waals surface area contributed by atoms with Gasteiger partial charge >= 0.3 is 6.03 Å². The Kier molecular flexibility index (Phi) is 5.86. The van der Waals surface area contributed by atoms with Crippen molar-refractivity contribution in [2.45, 2.75) is 44.2 Å². The molecule has 2 aromatic rings. The Hall–Kier alpha value is -2.53. The van der Waals surface area contributed by atoms with Gasteiger partial charge in [0.2, 0.25) is 0 Å². The maximum Gasteiger partial charge on any atom is 0.317 e. The molecule has 0 spiro atoms. The van der Waals surface area contributed by atoms with Crippen LogP contribution in [0.15, 0.2) is 48.5 Å². The summed E-state index contributed by atoms with van der Waals surface area (Å²) >= 11 is 0. The summed E-state index contributed by atoms with van der Waals surface area (Å²) in [4.78, 5) is 17.9. The number of hydrogen-bond donors (Lipinski definition) is 1. The lowest BCUT2D eigenvalue weighted by Crippen LogP contribution is -2.59. The Labute approximate surface area is 185 Å². The van der Waals surface area contributed by atoms with Crippen molar-refractivity contribution in [3.63, 3.8) is 0 Å². The van der Waals surface area contributed by atoms with Crippen molar-refractivity contribution in [2.75, 3.05) is 33.3 Å². The number of carbonyl (C=O) groups excluding carboxylic acids is 1. The monoisotopic (exact) mass is 419 g/mol. The maximum atomic E-state index is 13.1. The quantitative estimate of drug-likeness (QED) is 0.814. The van der Waals surface area contributed by atoms with Gasteiger partial charge in [-0.15, -0.1) is 0 Å². The minimum atomic E-state index is 0.112. The lowest BCUT2D eigenvalue weighted by atomic mass is 9.76. The molecule has 0 radical (unpaired) electrons. The molecule has 0 saturated carbocycles. The van der Waals surface area contributed by atoms with Gasteiger partial charge in [-0.1, -0.05) is 36.4 Å². The molecule has 164 valence electrons. The second-order valence-electron chi connectivity index (χ2n) is 9.19. The van der Waals surface area contributed by atoms with Crippen molar-refractivity contribution in [3.8, 4) is 5.75 Å². The van der Waals surface area contributed by atoms with Crippen LogP contribution in [0.2, 0.25) is 0 Å². The van der Waals surface area contributed by atoms with E-state index < -0.39 is 0 Å². The number of carbonyl (C=O) groups is 1. The van der Waals surface area contributed by atoms with Gasteiger partial charge in [-0.25, -0.2) is 4.79 Å². The van der Waals surface area contributed by atoms with E-state index >= 15 is 0 Å². The van der Waals surface area contributed by atoms with Crippen molar-refractivity contribution in [1.29, 1.82) is 0 Å². The van der Waals surface area contributed by atoms with Crippen molar-refractivity contribution in [3.05, 3.63) is 65.2 Å². The molecule has 5 heteroatoms. The zero-order chi connectivity index (χ0) is 21.2. The number of fused-ring (bicyclic) bond motifs is 4. The number of amides is 2. The first-order chi connectivity index (χ1) is 15.2. The van der Waals surface area contributed by atoms with Crippen molar-refractivity contribution >= 4 is 6.03 Å². The zero-order valence-electron chi connectivity index (χ0n) is 18.4. The number of piperidine rings is 2. The van der Waals surface area contributed by atoms with E-state index in [0.29, 0.717) is 24.5 Å². The first kappa shape index (κ1) is 20.4. The third-order valence-electron chi connectivity index (χ3n) is 7.47. The molecular formula is C26H33N3O2. The predicted molar refractivity (Wildman–Crippen MR) is 122 cm³/mol. The smallest absolute Gasteiger partial charge is 0.317 e. The Bertz CT molecular complexity index is 916. The number of ether oxygens (including phenoxy) is 1. The van der Waals surface area contributed by atoms with Gasteiger partial charge in [-0.3, -0.25) is 4.90 Å². The first-order valence-corrected chi connectivity index (χ1v) is 11.7. The molecule has 3 aliphatic rings. The van der Waals surface area contributed by atoms with E-state index in [0.717, 1.165) is 51.1 Å². The molecule has 0 aromatic heterocycles. The molecule has 0 unspecified atom stereocenters. The van der Waals surface area contributed by atoms with Gasteiger partial charge in [-0.05, 0) is 66.8 Å². The molecule has 3 heterocycles. The van der Waals surface area contributed by atoms with Crippen molar-refractivity contribution in [2.24, 2.45) is 5.92 Å². The zero-order valence-corrected chi connectivity index (χ0v) is 18.4. The summed E-state index contributed by atoms with van der Waals surface area (Å²) in [6.45, 7) is 3.78. The van der Waals surface area contributed by atoms with E-state index in [1.54, 1.807) is 7.11 Å². The van der Waals surface area contributed by atoms with E-state index in [1.807, 2.05) is 6.07 Å². The van der Waals surface area contributed by atoms with Gasteiger partial charge in [0.05, 0.1) is 7.11 Å². The summed E-state index contributed by atoms with van der Waals surface area (Å²) in [5.41, 5.74) is 4.11. The standard InChI is InChI=1S/C26H33N3O2/c1-31-22-10-9-20-12-15-28-18-21-8-5-14-29(24(21)17-25(28)23(20)16-22)26(30)27-13-11-19-6-3-2-4-7-19/h2-4,6-7,9-10,16,21,24-25H,5,8,11-15,17-18H2,1H3,(H,27,30)/t21-,24+,25+/m0/s1. The normalized spacial score (nSPS) is 25.2. The number of benzene rings is 2. The summed E-state index contributed by atoms with van der Waals surface area (Å²) in [7, 11) is 1.74. The molecule has 2 aromatic carbocycles. The van der Waals surface area contributed by atoms with E-state index in [1.165, 1.54) is 23.1 Å². The van der Waals surface area contributed by atoms with E-state index in [2.05, 4.69) is 57.6 Å². The molecule has 5 rings (SSSR count). The maximum absolute atomic E-state index is 13.1. The first-order valence-electron chi connectivity index (χ1n) is 11.7. The van der Waals surface area contributed by atoms with Crippen molar-refractivity contribution in [1.82, 2.24) is 15.1 Å².